The molecule has 0 spiro atoms. The van der Waals surface area contributed by atoms with E-state index in [1.54, 1.807) is 0 Å². The van der Waals surface area contributed by atoms with Gasteiger partial charge in [0.2, 0.25) is 0 Å². The summed E-state index contributed by atoms with van der Waals surface area (Å²) >= 11 is 0. The molecule has 0 saturated carbocycles. The fourth-order valence-corrected chi connectivity index (χ4v) is 1.90. The highest BCUT2D eigenvalue weighted by molar-refractivity contribution is 5.77. The zero-order chi connectivity index (χ0) is 13.8. The van der Waals surface area contributed by atoms with Gasteiger partial charge in [-0.1, -0.05) is 33.1 Å². The predicted molar refractivity (Wildman–Crippen MR) is 81.0 cm³/mol. The van der Waals surface area contributed by atoms with Crippen molar-refractivity contribution in [2.45, 2.75) is 59.4 Å². The van der Waals surface area contributed by atoms with Gasteiger partial charge in [0.25, 0.3) is 0 Å². The van der Waals surface area contributed by atoms with Crippen LogP contribution in [0.25, 0.3) is 0 Å². The van der Waals surface area contributed by atoms with E-state index in [0.29, 0.717) is 12.0 Å². The molecule has 0 atom stereocenters. The van der Waals surface area contributed by atoms with Gasteiger partial charge in [-0.3, -0.25) is 9.89 Å². The first kappa shape index (κ1) is 17.2. The largest absolute Gasteiger partial charge is 0.370 e. The number of hydrogen-bond donors (Lipinski definition) is 2. The first-order chi connectivity index (χ1) is 8.61. The minimum absolute atomic E-state index is 0.587. The van der Waals surface area contributed by atoms with Crippen LogP contribution in [-0.4, -0.2) is 43.1 Å². The predicted octanol–water partition coefficient (Wildman–Crippen LogP) is 2.20. The van der Waals surface area contributed by atoms with Crippen LogP contribution in [-0.2, 0) is 0 Å². The molecule has 0 aliphatic rings. The molecule has 0 bridgehead atoms. The van der Waals surface area contributed by atoms with Crippen molar-refractivity contribution in [3.05, 3.63) is 0 Å². The lowest BCUT2D eigenvalue weighted by Gasteiger charge is -2.24. The Balaban J connectivity index is 3.62. The quantitative estimate of drug-likeness (QED) is 0.358. The fourth-order valence-electron chi connectivity index (χ4n) is 1.90. The minimum atomic E-state index is 0.587. The van der Waals surface area contributed by atoms with Gasteiger partial charge in [0.05, 0.1) is 0 Å². The molecule has 0 unspecified atom stereocenters. The first-order valence-corrected chi connectivity index (χ1v) is 7.39. The lowest BCUT2D eigenvalue weighted by Crippen LogP contribution is -2.41. The summed E-state index contributed by atoms with van der Waals surface area (Å²) in [7, 11) is 0. The molecule has 0 aromatic heterocycles. The van der Waals surface area contributed by atoms with Crippen LogP contribution in [0.5, 0.6) is 0 Å². The summed E-state index contributed by atoms with van der Waals surface area (Å²) in [4.78, 5) is 6.73. The molecule has 0 amide bonds. The third-order valence-electron chi connectivity index (χ3n) is 3.14. The van der Waals surface area contributed by atoms with E-state index in [1.165, 1.54) is 19.3 Å². The number of nitrogens with one attached hydrogen (secondary N) is 1. The summed E-state index contributed by atoms with van der Waals surface area (Å²) in [6.07, 6.45) is 4.95. The second-order valence-electron chi connectivity index (χ2n) is 4.98. The zero-order valence-electron chi connectivity index (χ0n) is 12.7. The van der Waals surface area contributed by atoms with Crippen molar-refractivity contribution in [1.82, 2.24) is 10.2 Å². The van der Waals surface area contributed by atoms with Gasteiger partial charge in [-0.2, -0.15) is 0 Å². The van der Waals surface area contributed by atoms with Gasteiger partial charge in [0.1, 0.15) is 0 Å². The van der Waals surface area contributed by atoms with E-state index in [1.807, 2.05) is 0 Å². The molecular formula is C14H32N4. The molecular weight excluding hydrogens is 224 g/mol. The number of aliphatic imine (C=N–C) groups is 1. The number of rotatable bonds is 10. The molecule has 0 aromatic rings. The third kappa shape index (κ3) is 9.28. The van der Waals surface area contributed by atoms with Crippen LogP contribution < -0.4 is 11.1 Å². The summed E-state index contributed by atoms with van der Waals surface area (Å²) in [6.45, 7) is 12.6. The van der Waals surface area contributed by atoms with Gasteiger partial charge in [-0.15, -0.1) is 0 Å². The molecule has 3 N–H and O–H groups in total. The van der Waals surface area contributed by atoms with Crippen molar-refractivity contribution < 1.29 is 0 Å². The highest BCUT2D eigenvalue weighted by Crippen LogP contribution is 1.98. The smallest absolute Gasteiger partial charge is 0.188 e. The Hall–Kier alpha value is -0.770. The Morgan fingerprint density at radius 1 is 1.22 bits per heavy atom. The first-order valence-electron chi connectivity index (χ1n) is 7.39. The van der Waals surface area contributed by atoms with Crippen LogP contribution in [0.2, 0.25) is 0 Å². The molecule has 4 nitrogen and oxygen atoms in total. The van der Waals surface area contributed by atoms with Crippen LogP contribution in [0.4, 0.5) is 0 Å². The Morgan fingerprint density at radius 2 is 1.94 bits per heavy atom. The summed E-state index contributed by atoms with van der Waals surface area (Å²) < 4.78 is 0. The summed E-state index contributed by atoms with van der Waals surface area (Å²) in [5, 5.41) is 3.18. The van der Waals surface area contributed by atoms with Gasteiger partial charge in [-0.05, 0) is 26.8 Å². The highest BCUT2D eigenvalue weighted by Gasteiger charge is 2.05. The van der Waals surface area contributed by atoms with E-state index in [0.717, 1.165) is 32.6 Å². The van der Waals surface area contributed by atoms with Gasteiger partial charge in [-0.25, -0.2) is 0 Å². The molecule has 0 rings (SSSR count). The maximum atomic E-state index is 5.81. The van der Waals surface area contributed by atoms with Crippen molar-refractivity contribution in [2.75, 3.05) is 26.2 Å². The van der Waals surface area contributed by atoms with Gasteiger partial charge >= 0.3 is 0 Å². The van der Waals surface area contributed by atoms with Crippen LogP contribution in [0.1, 0.15) is 53.4 Å². The van der Waals surface area contributed by atoms with Crippen molar-refractivity contribution in [2.24, 2.45) is 10.7 Å². The second kappa shape index (κ2) is 11.3. The molecule has 0 heterocycles. The summed E-state index contributed by atoms with van der Waals surface area (Å²) in [5.74, 6) is 0.589. The van der Waals surface area contributed by atoms with Crippen molar-refractivity contribution in [3.63, 3.8) is 0 Å². The molecule has 108 valence electrons. The normalized spacial score (nSPS) is 12.4. The van der Waals surface area contributed by atoms with Gasteiger partial charge in [0, 0.05) is 25.7 Å². The summed E-state index contributed by atoms with van der Waals surface area (Å²) in [6, 6.07) is 0.587. The van der Waals surface area contributed by atoms with Crippen molar-refractivity contribution in [1.29, 1.82) is 0 Å². The molecule has 0 fully saturated rings. The molecule has 0 saturated heterocycles. The highest BCUT2D eigenvalue weighted by atomic mass is 15.2. The monoisotopic (exact) mass is 256 g/mol. The number of nitrogens with two attached hydrogens (primary N) is 1. The molecule has 0 radical (unpaired) electrons. The van der Waals surface area contributed by atoms with E-state index in [-0.39, 0.29) is 0 Å². The van der Waals surface area contributed by atoms with E-state index < -0.39 is 0 Å². The summed E-state index contributed by atoms with van der Waals surface area (Å²) in [5.41, 5.74) is 5.81. The fraction of sp³-hybridized carbons (Fsp3) is 0.929. The number of hydrogen-bond acceptors (Lipinski definition) is 2. The van der Waals surface area contributed by atoms with Crippen LogP contribution >= 0.6 is 0 Å². The number of unbranched alkanes of at least 4 members (excludes halogenated alkanes) is 3. The SMILES string of the molecule is CCCCCCN=C(N)NCCN(CC)C(C)C. The van der Waals surface area contributed by atoms with Crippen molar-refractivity contribution in [3.8, 4) is 0 Å². The maximum Gasteiger partial charge on any atom is 0.188 e. The van der Waals surface area contributed by atoms with E-state index >= 15 is 0 Å². The molecule has 4 heteroatoms. The Morgan fingerprint density at radius 3 is 2.50 bits per heavy atom. The topological polar surface area (TPSA) is 53.6 Å². The zero-order valence-corrected chi connectivity index (χ0v) is 12.7. The number of nitrogens with zero attached hydrogens (tertiary/aromatic N) is 2. The van der Waals surface area contributed by atoms with E-state index in [2.05, 4.69) is 42.9 Å². The van der Waals surface area contributed by atoms with Crippen LogP contribution in [0, 0.1) is 0 Å². The number of likely N-dealkylation sites (N-methyl/N-ethyl adjacent to an activating group) is 1. The van der Waals surface area contributed by atoms with Crippen LogP contribution in [0.3, 0.4) is 0 Å². The average Bonchev–Trinajstić information content (AvgIpc) is 2.34. The van der Waals surface area contributed by atoms with E-state index in [4.69, 9.17) is 5.73 Å². The van der Waals surface area contributed by atoms with Gasteiger partial charge in [0.15, 0.2) is 5.96 Å². The second-order valence-corrected chi connectivity index (χ2v) is 4.98. The third-order valence-corrected chi connectivity index (χ3v) is 3.14. The van der Waals surface area contributed by atoms with Crippen LogP contribution in [0.15, 0.2) is 4.99 Å². The molecule has 0 aliphatic carbocycles. The standard InChI is InChI=1S/C14H32N4/c1-5-7-8-9-10-16-14(15)17-11-12-18(6-2)13(3)4/h13H,5-12H2,1-4H3,(H3,15,16,17). The van der Waals surface area contributed by atoms with E-state index in [9.17, 15) is 0 Å². The lowest BCUT2D eigenvalue weighted by molar-refractivity contribution is 0.237. The van der Waals surface area contributed by atoms with Gasteiger partial charge < -0.3 is 11.1 Å². The van der Waals surface area contributed by atoms with Crippen molar-refractivity contribution >= 4 is 5.96 Å². The number of guanidine groups is 1. The Labute approximate surface area is 113 Å². The lowest BCUT2D eigenvalue weighted by atomic mass is 10.2. The Bertz CT molecular complexity index is 214. The maximum absolute atomic E-state index is 5.81. The minimum Gasteiger partial charge on any atom is -0.370 e. The molecule has 0 aliphatic heterocycles. The Kier molecular flexibility index (Phi) is 10.8. The molecule has 0 aromatic carbocycles. The average molecular weight is 256 g/mol. The molecule has 18 heavy (non-hydrogen) atoms.